The predicted octanol–water partition coefficient (Wildman–Crippen LogP) is 0.482. The monoisotopic (exact) mass is 179 g/mol. The number of hydrogen-bond acceptors (Lipinski definition) is 1. The molecule has 0 saturated heterocycles. The minimum Gasteiger partial charge on any atom is -0.310 e. The van der Waals surface area contributed by atoms with E-state index in [1.807, 2.05) is 0 Å². The van der Waals surface area contributed by atoms with Gasteiger partial charge in [0, 0.05) is 10.2 Å². The van der Waals surface area contributed by atoms with E-state index in [0.717, 1.165) is 5.67 Å². The van der Waals surface area contributed by atoms with Gasteiger partial charge in [0.15, 0.2) is 0 Å². The fourth-order valence-corrected chi connectivity index (χ4v) is 1.61. The number of benzene rings is 1. The van der Waals surface area contributed by atoms with Gasteiger partial charge in [-0.15, -0.1) is 0 Å². The first kappa shape index (κ1) is 9.48. The number of nitrogens with zero attached hydrogens (tertiary/aromatic N) is 1. The van der Waals surface area contributed by atoms with Crippen LogP contribution in [0.1, 0.15) is 5.56 Å². The Bertz CT molecular complexity index is 221. The van der Waals surface area contributed by atoms with Crippen molar-refractivity contribution in [3.05, 3.63) is 35.9 Å². The van der Waals surface area contributed by atoms with E-state index in [1.165, 1.54) is 22.2 Å². The van der Waals surface area contributed by atoms with Crippen LogP contribution in [0.5, 0.6) is 0 Å². The molecule has 2 heteroatoms. The lowest BCUT2D eigenvalue weighted by molar-refractivity contribution is 0.374. The van der Waals surface area contributed by atoms with E-state index in [9.17, 15) is 0 Å². The third kappa shape index (κ3) is 2.79. The molecule has 0 bridgehead atoms. The van der Waals surface area contributed by atoms with Crippen molar-refractivity contribution in [3.63, 3.8) is 0 Å². The molecule has 0 radical (unpaired) electrons. The molecule has 1 rings (SSSR count). The number of likely N-dealkylation sites (N-methyl/N-ethyl adjacent to an activating group) is 1. The highest BCUT2D eigenvalue weighted by Crippen LogP contribution is 2.03. The summed E-state index contributed by atoms with van der Waals surface area (Å²) in [6, 6.07) is 10.7. The highest BCUT2D eigenvalue weighted by Gasteiger charge is 2.04. The van der Waals surface area contributed by atoms with Crippen LogP contribution >= 0.6 is 0 Å². The van der Waals surface area contributed by atoms with Crippen LogP contribution in [0.4, 0.5) is 0 Å². The zero-order chi connectivity index (χ0) is 8.97. The fraction of sp³-hybridized carbons (Fsp3) is 0.400. The zero-order valence-electron chi connectivity index (χ0n) is 8.12. The fourth-order valence-electron chi connectivity index (χ4n) is 1.14. The Morgan fingerprint density at radius 1 is 1.25 bits per heavy atom. The molecule has 0 heterocycles. The van der Waals surface area contributed by atoms with Crippen LogP contribution in [0.15, 0.2) is 30.3 Å². The van der Waals surface area contributed by atoms with Gasteiger partial charge >= 0.3 is 0 Å². The van der Waals surface area contributed by atoms with Gasteiger partial charge in [-0.1, -0.05) is 30.3 Å². The zero-order valence-corrected chi connectivity index (χ0v) is 10.1. The molecular formula is C10H17NSi. The Hall–Kier alpha value is -0.603. The Balaban J connectivity index is 2.53. The van der Waals surface area contributed by atoms with Gasteiger partial charge in [0.2, 0.25) is 0 Å². The van der Waals surface area contributed by atoms with Crippen LogP contribution in [0, 0.1) is 0 Å². The van der Waals surface area contributed by atoms with E-state index in [1.54, 1.807) is 0 Å². The Morgan fingerprint density at radius 3 is 2.33 bits per heavy atom. The third-order valence-electron chi connectivity index (χ3n) is 2.26. The summed E-state index contributed by atoms with van der Waals surface area (Å²) in [4.78, 5) is 2.30. The second kappa shape index (κ2) is 4.43. The molecule has 1 atom stereocenters. The van der Waals surface area contributed by atoms with E-state index in [0.29, 0.717) is 0 Å². The van der Waals surface area contributed by atoms with Crippen molar-refractivity contribution in [1.29, 1.82) is 0 Å². The average molecular weight is 179 g/mol. The smallest absolute Gasteiger partial charge is 0.0248 e. The summed E-state index contributed by atoms with van der Waals surface area (Å²) in [5.41, 5.74) is 2.21. The van der Waals surface area contributed by atoms with Gasteiger partial charge in [-0.3, -0.25) is 0 Å². The number of hydrogen-bond donors (Lipinski definition) is 0. The first-order chi connectivity index (χ1) is 5.70. The lowest BCUT2D eigenvalue weighted by Crippen LogP contribution is -2.30. The van der Waals surface area contributed by atoms with E-state index in [2.05, 4.69) is 49.3 Å². The summed E-state index contributed by atoms with van der Waals surface area (Å²) in [5, 5.41) is 0. The lowest BCUT2D eigenvalue weighted by atomic mass is 10.1. The molecule has 0 aliphatic carbocycles. The van der Waals surface area contributed by atoms with E-state index < -0.39 is 0 Å². The maximum atomic E-state index is 2.30. The SMILES string of the molecule is CN(C)C([SiH3])Cc1ccccc1. The van der Waals surface area contributed by atoms with Crippen molar-refractivity contribution >= 4 is 10.2 Å². The largest absolute Gasteiger partial charge is 0.310 e. The Kier molecular flexibility index (Phi) is 3.50. The molecular weight excluding hydrogens is 162 g/mol. The normalized spacial score (nSPS) is 13.6. The van der Waals surface area contributed by atoms with Gasteiger partial charge in [-0.25, -0.2) is 0 Å². The quantitative estimate of drug-likeness (QED) is 0.610. The first-order valence-electron chi connectivity index (χ1n) is 4.40. The summed E-state index contributed by atoms with van der Waals surface area (Å²) in [5.74, 6) is 0. The summed E-state index contributed by atoms with van der Waals surface area (Å²) in [6.45, 7) is 0. The highest BCUT2D eigenvalue weighted by atomic mass is 28.1. The first-order valence-corrected chi connectivity index (χ1v) is 5.56. The molecule has 1 aromatic rings. The lowest BCUT2D eigenvalue weighted by Gasteiger charge is -2.19. The van der Waals surface area contributed by atoms with Gasteiger partial charge in [-0.2, -0.15) is 0 Å². The second-order valence-corrected chi connectivity index (χ2v) is 4.84. The van der Waals surface area contributed by atoms with Gasteiger partial charge in [0.1, 0.15) is 0 Å². The summed E-state index contributed by atoms with van der Waals surface area (Å²) < 4.78 is 0. The maximum Gasteiger partial charge on any atom is 0.0248 e. The summed E-state index contributed by atoms with van der Waals surface area (Å²) in [6.07, 6.45) is 1.19. The molecule has 0 fully saturated rings. The molecule has 0 amide bonds. The van der Waals surface area contributed by atoms with Crippen molar-refractivity contribution in [2.24, 2.45) is 0 Å². The molecule has 0 aromatic heterocycles. The van der Waals surface area contributed by atoms with E-state index >= 15 is 0 Å². The molecule has 0 aliphatic heterocycles. The van der Waals surface area contributed by atoms with Crippen LogP contribution in [-0.4, -0.2) is 34.9 Å². The van der Waals surface area contributed by atoms with Crippen LogP contribution < -0.4 is 0 Å². The van der Waals surface area contributed by atoms with Gasteiger partial charge in [0.05, 0.1) is 0 Å². The van der Waals surface area contributed by atoms with Gasteiger partial charge in [-0.05, 0) is 31.7 Å². The van der Waals surface area contributed by atoms with E-state index in [4.69, 9.17) is 0 Å². The molecule has 1 nitrogen and oxygen atoms in total. The minimum atomic E-state index is 0.757. The van der Waals surface area contributed by atoms with Crippen LogP contribution in [0.25, 0.3) is 0 Å². The molecule has 0 aliphatic rings. The Morgan fingerprint density at radius 2 is 1.83 bits per heavy atom. The van der Waals surface area contributed by atoms with Crippen molar-refractivity contribution in [2.75, 3.05) is 14.1 Å². The molecule has 0 saturated carbocycles. The third-order valence-corrected chi connectivity index (χ3v) is 3.70. The van der Waals surface area contributed by atoms with Crippen molar-refractivity contribution in [2.45, 2.75) is 12.1 Å². The highest BCUT2D eigenvalue weighted by molar-refractivity contribution is 6.11. The van der Waals surface area contributed by atoms with Crippen molar-refractivity contribution in [3.8, 4) is 0 Å². The Labute approximate surface area is 77.8 Å². The molecule has 0 N–H and O–H groups in total. The molecule has 12 heavy (non-hydrogen) atoms. The number of rotatable bonds is 3. The summed E-state index contributed by atoms with van der Waals surface area (Å²) >= 11 is 0. The maximum absolute atomic E-state index is 2.30. The summed E-state index contributed by atoms with van der Waals surface area (Å²) in [7, 11) is 5.54. The van der Waals surface area contributed by atoms with Crippen LogP contribution in [0.2, 0.25) is 0 Å². The predicted molar refractivity (Wildman–Crippen MR) is 57.6 cm³/mol. The van der Waals surface area contributed by atoms with Crippen LogP contribution in [0.3, 0.4) is 0 Å². The molecule has 66 valence electrons. The second-order valence-electron chi connectivity index (χ2n) is 3.50. The van der Waals surface area contributed by atoms with Crippen molar-refractivity contribution in [1.82, 2.24) is 4.90 Å². The van der Waals surface area contributed by atoms with Crippen LogP contribution in [-0.2, 0) is 6.42 Å². The minimum absolute atomic E-state index is 0.757. The topological polar surface area (TPSA) is 3.24 Å². The van der Waals surface area contributed by atoms with Gasteiger partial charge in [0.25, 0.3) is 0 Å². The van der Waals surface area contributed by atoms with E-state index in [-0.39, 0.29) is 0 Å². The average Bonchev–Trinajstić information content (AvgIpc) is 2.06. The van der Waals surface area contributed by atoms with Crippen molar-refractivity contribution < 1.29 is 0 Å². The standard InChI is InChI=1S/C10H17NSi/c1-11(2)10(12)8-9-6-4-3-5-7-9/h3-7,10H,8H2,1-2,12H3. The molecule has 0 spiro atoms. The molecule has 1 unspecified atom stereocenters. The molecule has 1 aromatic carbocycles. The van der Waals surface area contributed by atoms with Gasteiger partial charge < -0.3 is 4.90 Å².